The maximum absolute atomic E-state index is 12.8. The van der Waals surface area contributed by atoms with Gasteiger partial charge in [0.1, 0.15) is 5.82 Å². The van der Waals surface area contributed by atoms with Crippen LogP contribution in [0.2, 0.25) is 0 Å². The second kappa shape index (κ2) is 9.25. The van der Waals surface area contributed by atoms with Crippen LogP contribution in [-0.4, -0.2) is 38.2 Å². The van der Waals surface area contributed by atoms with E-state index >= 15 is 0 Å². The van der Waals surface area contributed by atoms with E-state index in [9.17, 15) is 22.8 Å². The molecule has 2 heterocycles. The lowest BCUT2D eigenvalue weighted by Crippen LogP contribution is -2.38. The lowest BCUT2D eigenvalue weighted by molar-refractivity contribution is -0.137. The summed E-state index contributed by atoms with van der Waals surface area (Å²) in [7, 11) is 0. The molecule has 0 N–H and O–H groups in total. The van der Waals surface area contributed by atoms with Crippen LogP contribution >= 0.6 is 0 Å². The number of rotatable bonds is 5. The highest BCUT2D eigenvalue weighted by molar-refractivity contribution is 5.94. The smallest absolute Gasteiger partial charge is 0.339 e. The van der Waals surface area contributed by atoms with Gasteiger partial charge in [0, 0.05) is 31.1 Å². The van der Waals surface area contributed by atoms with Crippen molar-refractivity contribution in [3.8, 4) is 0 Å². The van der Waals surface area contributed by atoms with Crippen LogP contribution in [0.15, 0.2) is 59.4 Å². The van der Waals surface area contributed by atoms with E-state index in [2.05, 4.69) is 5.10 Å². The van der Waals surface area contributed by atoms with E-state index in [-0.39, 0.29) is 23.1 Å². The fourth-order valence-corrected chi connectivity index (χ4v) is 4.24. The van der Waals surface area contributed by atoms with Gasteiger partial charge in [-0.25, -0.2) is 9.48 Å². The molecule has 0 spiro atoms. The van der Waals surface area contributed by atoms with Crippen LogP contribution in [0.3, 0.4) is 0 Å². The Bertz CT molecular complexity index is 1160. The molecule has 0 atom stereocenters. The zero-order chi connectivity index (χ0) is 23.6. The number of aromatic nitrogens is 3. The van der Waals surface area contributed by atoms with Gasteiger partial charge in [-0.2, -0.15) is 18.3 Å². The van der Waals surface area contributed by atoms with Gasteiger partial charge < -0.3 is 4.90 Å². The Morgan fingerprint density at radius 2 is 1.67 bits per heavy atom. The van der Waals surface area contributed by atoms with Crippen molar-refractivity contribution in [1.82, 2.24) is 19.2 Å². The molecule has 1 saturated heterocycles. The molecule has 9 heteroatoms. The van der Waals surface area contributed by atoms with Crippen molar-refractivity contribution in [3.05, 3.63) is 87.6 Å². The van der Waals surface area contributed by atoms with Gasteiger partial charge >= 0.3 is 11.9 Å². The molecular weight excluding hydrogens is 433 g/mol. The summed E-state index contributed by atoms with van der Waals surface area (Å²) in [6.45, 7) is 3.71. The quantitative estimate of drug-likeness (QED) is 0.577. The SMILES string of the molecule is CCn1c(C2CCN(C(=O)c3ccc(C(F)(F)F)cc3)CC2)nn(Cc2ccccc2)c1=O. The van der Waals surface area contributed by atoms with Crippen LogP contribution in [0.4, 0.5) is 13.2 Å². The Morgan fingerprint density at radius 3 is 2.24 bits per heavy atom. The van der Waals surface area contributed by atoms with E-state index in [0.717, 1.165) is 23.5 Å². The molecule has 0 bridgehead atoms. The molecule has 0 saturated carbocycles. The van der Waals surface area contributed by atoms with Gasteiger partial charge in [0.2, 0.25) is 0 Å². The third kappa shape index (κ3) is 4.86. The van der Waals surface area contributed by atoms with E-state index in [1.165, 1.54) is 16.8 Å². The summed E-state index contributed by atoms with van der Waals surface area (Å²) in [5.41, 5.74) is 0.295. The summed E-state index contributed by atoms with van der Waals surface area (Å²) in [5.74, 6) is 0.469. The molecule has 1 aliphatic rings. The predicted octanol–water partition coefficient (Wildman–Crippen LogP) is 4.15. The summed E-state index contributed by atoms with van der Waals surface area (Å²) in [5, 5.41) is 4.62. The Kier molecular flexibility index (Phi) is 6.40. The second-order valence-electron chi connectivity index (χ2n) is 8.17. The molecule has 0 aliphatic carbocycles. The molecular formula is C24H25F3N4O2. The fraction of sp³-hybridized carbons (Fsp3) is 0.375. The van der Waals surface area contributed by atoms with Gasteiger partial charge in [0.05, 0.1) is 12.1 Å². The van der Waals surface area contributed by atoms with Crippen LogP contribution in [0.5, 0.6) is 0 Å². The molecule has 1 amide bonds. The lowest BCUT2D eigenvalue weighted by Gasteiger charge is -2.31. The minimum atomic E-state index is -4.43. The Balaban J connectivity index is 1.45. The molecule has 1 fully saturated rings. The minimum absolute atomic E-state index is 0.0336. The summed E-state index contributed by atoms with van der Waals surface area (Å²) in [6.07, 6.45) is -3.17. The summed E-state index contributed by atoms with van der Waals surface area (Å²) >= 11 is 0. The number of carbonyl (C=O) groups is 1. The van der Waals surface area contributed by atoms with Crippen LogP contribution in [0.25, 0.3) is 0 Å². The monoisotopic (exact) mass is 458 g/mol. The van der Waals surface area contributed by atoms with Crippen LogP contribution < -0.4 is 5.69 Å². The first-order valence-corrected chi connectivity index (χ1v) is 11.0. The van der Waals surface area contributed by atoms with Crippen molar-refractivity contribution in [3.63, 3.8) is 0 Å². The lowest BCUT2D eigenvalue weighted by atomic mass is 9.95. The van der Waals surface area contributed by atoms with E-state index < -0.39 is 11.7 Å². The Labute approximate surface area is 189 Å². The van der Waals surface area contributed by atoms with Gasteiger partial charge in [0.25, 0.3) is 5.91 Å². The average Bonchev–Trinajstić information content (AvgIpc) is 3.14. The van der Waals surface area contributed by atoms with E-state index in [4.69, 9.17) is 0 Å². The van der Waals surface area contributed by atoms with Crippen molar-refractivity contribution < 1.29 is 18.0 Å². The summed E-state index contributed by atoms with van der Waals surface area (Å²) in [4.78, 5) is 27.2. The van der Waals surface area contributed by atoms with Gasteiger partial charge in [-0.3, -0.25) is 9.36 Å². The number of halogens is 3. The molecule has 33 heavy (non-hydrogen) atoms. The van der Waals surface area contributed by atoms with E-state index in [1.54, 1.807) is 9.47 Å². The van der Waals surface area contributed by atoms with Crippen molar-refractivity contribution in [2.24, 2.45) is 0 Å². The third-order valence-corrected chi connectivity index (χ3v) is 6.05. The van der Waals surface area contributed by atoms with Crippen molar-refractivity contribution in [2.75, 3.05) is 13.1 Å². The molecule has 6 nitrogen and oxygen atoms in total. The normalized spacial score (nSPS) is 15.1. The van der Waals surface area contributed by atoms with Gasteiger partial charge in [-0.1, -0.05) is 30.3 Å². The maximum Gasteiger partial charge on any atom is 0.416 e. The fourth-order valence-electron chi connectivity index (χ4n) is 4.24. The van der Waals surface area contributed by atoms with Crippen molar-refractivity contribution in [1.29, 1.82) is 0 Å². The Morgan fingerprint density at radius 1 is 1.03 bits per heavy atom. The molecule has 3 aromatic rings. The van der Waals surface area contributed by atoms with Crippen LogP contribution in [0.1, 0.15) is 53.0 Å². The van der Waals surface area contributed by atoms with Gasteiger partial charge in [-0.05, 0) is 49.6 Å². The highest BCUT2D eigenvalue weighted by atomic mass is 19.4. The number of benzene rings is 2. The molecule has 0 radical (unpaired) electrons. The maximum atomic E-state index is 12.8. The van der Waals surface area contributed by atoms with Gasteiger partial charge in [-0.15, -0.1) is 0 Å². The number of amides is 1. The first-order valence-electron chi connectivity index (χ1n) is 11.0. The standard InChI is InChI=1S/C24H25F3N4O2/c1-2-30-21(28-31(23(30)33)16-17-6-4-3-5-7-17)18-12-14-29(15-13-18)22(32)19-8-10-20(11-9-19)24(25,26)27/h3-11,18H,2,12-16H2,1H3. The number of alkyl halides is 3. The number of hydrogen-bond acceptors (Lipinski definition) is 3. The largest absolute Gasteiger partial charge is 0.416 e. The number of likely N-dealkylation sites (tertiary alicyclic amines) is 1. The van der Waals surface area contributed by atoms with E-state index in [0.29, 0.717) is 39.0 Å². The number of hydrogen-bond donors (Lipinski definition) is 0. The zero-order valence-corrected chi connectivity index (χ0v) is 18.3. The highest BCUT2D eigenvalue weighted by Gasteiger charge is 2.31. The third-order valence-electron chi connectivity index (χ3n) is 6.05. The summed E-state index contributed by atoms with van der Waals surface area (Å²) in [6, 6.07) is 13.9. The van der Waals surface area contributed by atoms with Crippen molar-refractivity contribution in [2.45, 2.75) is 44.9 Å². The number of nitrogens with zero attached hydrogens (tertiary/aromatic N) is 4. The van der Waals surface area contributed by atoms with E-state index in [1.807, 2.05) is 37.3 Å². The molecule has 174 valence electrons. The average molecular weight is 458 g/mol. The zero-order valence-electron chi connectivity index (χ0n) is 18.3. The van der Waals surface area contributed by atoms with Crippen LogP contribution in [0, 0.1) is 0 Å². The molecule has 1 aromatic heterocycles. The number of carbonyl (C=O) groups excluding carboxylic acids is 1. The first-order chi connectivity index (χ1) is 15.8. The minimum Gasteiger partial charge on any atom is -0.339 e. The highest BCUT2D eigenvalue weighted by Crippen LogP contribution is 2.30. The number of piperidine rings is 1. The predicted molar refractivity (Wildman–Crippen MR) is 117 cm³/mol. The molecule has 2 aromatic carbocycles. The molecule has 4 rings (SSSR count). The van der Waals surface area contributed by atoms with Gasteiger partial charge in [0.15, 0.2) is 0 Å². The van der Waals surface area contributed by atoms with Crippen molar-refractivity contribution >= 4 is 5.91 Å². The molecule has 1 aliphatic heterocycles. The molecule has 0 unspecified atom stereocenters. The topological polar surface area (TPSA) is 60.1 Å². The van der Waals surface area contributed by atoms with Crippen LogP contribution in [-0.2, 0) is 19.3 Å². The second-order valence-corrected chi connectivity index (χ2v) is 8.17. The summed E-state index contributed by atoms with van der Waals surface area (Å²) < 4.78 is 41.5. The first kappa shape index (κ1) is 22.8. The Hall–Kier alpha value is -3.36.